The van der Waals surface area contributed by atoms with Crippen LogP contribution in [-0.4, -0.2) is 47.5 Å². The van der Waals surface area contributed by atoms with Gasteiger partial charge in [0.15, 0.2) is 0 Å². The third-order valence-corrected chi connectivity index (χ3v) is 4.83. The molecule has 0 bridgehead atoms. The summed E-state index contributed by atoms with van der Waals surface area (Å²) in [6.07, 6.45) is 1.86. The Kier molecular flexibility index (Phi) is 6.76. The third kappa shape index (κ3) is 6.58. The highest BCUT2D eigenvalue weighted by Crippen LogP contribution is 2.38. The molecule has 2 rings (SSSR count). The molecule has 6 heteroatoms. The van der Waals surface area contributed by atoms with E-state index in [1.54, 1.807) is 17.0 Å². The summed E-state index contributed by atoms with van der Waals surface area (Å²) in [5.74, 6) is -0.259. The number of aldehydes is 1. The van der Waals surface area contributed by atoms with Gasteiger partial charge in [0.2, 0.25) is 0 Å². The van der Waals surface area contributed by atoms with E-state index in [0.29, 0.717) is 37.9 Å². The van der Waals surface area contributed by atoms with Crippen molar-refractivity contribution in [1.29, 1.82) is 0 Å². The van der Waals surface area contributed by atoms with E-state index in [9.17, 15) is 14.4 Å². The van der Waals surface area contributed by atoms with E-state index in [1.165, 1.54) is 0 Å². The van der Waals surface area contributed by atoms with Crippen molar-refractivity contribution < 1.29 is 23.9 Å². The zero-order chi connectivity index (χ0) is 21.9. The molecule has 0 aliphatic carbocycles. The molecule has 0 N–H and O–H groups in total. The largest absolute Gasteiger partial charge is 0.460 e. The first-order chi connectivity index (χ1) is 13.3. The molecule has 0 atom stereocenters. The maximum Gasteiger partial charge on any atom is 0.410 e. The molecule has 1 saturated heterocycles. The number of ether oxygens (including phenoxy) is 2. The average molecular weight is 404 g/mol. The van der Waals surface area contributed by atoms with Crippen LogP contribution in [0.4, 0.5) is 4.79 Å². The fourth-order valence-electron chi connectivity index (χ4n) is 3.45. The van der Waals surface area contributed by atoms with Gasteiger partial charge in [0, 0.05) is 18.7 Å². The molecule has 1 amide bonds. The summed E-state index contributed by atoms with van der Waals surface area (Å²) in [5, 5.41) is 0. The van der Waals surface area contributed by atoms with Crippen LogP contribution >= 0.6 is 0 Å². The van der Waals surface area contributed by atoms with Crippen LogP contribution in [0.5, 0.6) is 0 Å². The molecule has 0 saturated carbocycles. The highest BCUT2D eigenvalue weighted by Gasteiger charge is 2.45. The van der Waals surface area contributed by atoms with Crippen LogP contribution in [0.15, 0.2) is 24.3 Å². The van der Waals surface area contributed by atoms with Crippen molar-refractivity contribution in [3.05, 3.63) is 35.4 Å². The summed E-state index contributed by atoms with van der Waals surface area (Å²) < 4.78 is 11.2. The van der Waals surface area contributed by atoms with Crippen molar-refractivity contribution in [2.24, 2.45) is 5.41 Å². The van der Waals surface area contributed by atoms with Gasteiger partial charge in [-0.05, 0) is 72.4 Å². The lowest BCUT2D eigenvalue weighted by atomic mass is 9.73. The molecule has 6 nitrogen and oxygen atoms in total. The Labute approximate surface area is 173 Å². The third-order valence-electron chi connectivity index (χ3n) is 4.83. The number of piperidine rings is 1. The first-order valence-electron chi connectivity index (χ1n) is 10.1. The van der Waals surface area contributed by atoms with E-state index in [1.807, 2.05) is 53.7 Å². The Balaban J connectivity index is 2.22. The van der Waals surface area contributed by atoms with Crippen molar-refractivity contribution in [3.8, 4) is 0 Å². The van der Waals surface area contributed by atoms with E-state index >= 15 is 0 Å². The van der Waals surface area contributed by atoms with Gasteiger partial charge in [0.1, 0.15) is 17.5 Å². The first kappa shape index (κ1) is 22.9. The number of likely N-dealkylation sites (tertiary alicyclic amines) is 1. The fourth-order valence-corrected chi connectivity index (χ4v) is 3.45. The number of amides is 1. The van der Waals surface area contributed by atoms with Crippen molar-refractivity contribution in [1.82, 2.24) is 4.90 Å². The highest BCUT2D eigenvalue weighted by molar-refractivity contribution is 5.79. The molecule has 160 valence electrons. The molecule has 1 fully saturated rings. The van der Waals surface area contributed by atoms with Gasteiger partial charge < -0.3 is 14.4 Å². The lowest BCUT2D eigenvalue weighted by Gasteiger charge is -2.41. The molecule has 1 aliphatic heterocycles. The second-order valence-corrected chi connectivity index (χ2v) is 9.79. The van der Waals surface area contributed by atoms with Crippen molar-refractivity contribution in [2.75, 3.05) is 13.1 Å². The quantitative estimate of drug-likeness (QED) is 0.550. The topological polar surface area (TPSA) is 72.9 Å². The summed E-state index contributed by atoms with van der Waals surface area (Å²) in [7, 11) is 0. The van der Waals surface area contributed by atoms with Gasteiger partial charge in [-0.15, -0.1) is 0 Å². The van der Waals surface area contributed by atoms with E-state index in [2.05, 4.69) is 0 Å². The smallest absolute Gasteiger partial charge is 0.410 e. The molecule has 1 aromatic carbocycles. The van der Waals surface area contributed by atoms with Gasteiger partial charge >= 0.3 is 12.1 Å². The highest BCUT2D eigenvalue weighted by atomic mass is 16.6. The zero-order valence-electron chi connectivity index (χ0n) is 18.4. The molecule has 0 spiro atoms. The SMILES string of the molecule is CC(C)(C)OC(=O)N1CCC(Cc2cccc(C=O)c2)(C(=O)OC(C)(C)C)CC1. The standard InChI is InChI=1S/C23H33NO5/c1-21(2,3)28-19(26)23(15-17-8-7-9-18(14-17)16-25)10-12-24(13-11-23)20(27)29-22(4,5)6/h7-9,14,16H,10-13,15H2,1-6H3. The number of hydrogen-bond acceptors (Lipinski definition) is 5. The molecule has 29 heavy (non-hydrogen) atoms. The predicted molar refractivity (Wildman–Crippen MR) is 111 cm³/mol. The van der Waals surface area contributed by atoms with Gasteiger partial charge in [-0.3, -0.25) is 9.59 Å². The van der Waals surface area contributed by atoms with Crippen molar-refractivity contribution >= 4 is 18.3 Å². The minimum absolute atomic E-state index is 0.259. The summed E-state index contributed by atoms with van der Waals surface area (Å²) in [5.41, 5.74) is -0.421. The van der Waals surface area contributed by atoms with E-state index in [0.717, 1.165) is 11.8 Å². The monoisotopic (exact) mass is 403 g/mol. The molecule has 0 radical (unpaired) electrons. The van der Waals surface area contributed by atoms with Crippen LogP contribution in [0.25, 0.3) is 0 Å². The minimum atomic E-state index is -0.743. The Bertz CT molecular complexity index is 749. The van der Waals surface area contributed by atoms with Crippen LogP contribution in [0, 0.1) is 5.41 Å². The lowest BCUT2D eigenvalue weighted by Crippen LogP contribution is -2.50. The zero-order valence-corrected chi connectivity index (χ0v) is 18.4. The Morgan fingerprint density at radius 2 is 1.62 bits per heavy atom. The fraction of sp³-hybridized carbons (Fsp3) is 0.609. The number of esters is 1. The molecule has 1 heterocycles. The van der Waals surface area contributed by atoms with E-state index in [-0.39, 0.29) is 12.1 Å². The summed E-state index contributed by atoms with van der Waals surface area (Å²) in [6.45, 7) is 11.9. The molecular weight excluding hydrogens is 370 g/mol. The van der Waals surface area contributed by atoms with Gasteiger partial charge in [0.05, 0.1) is 5.41 Å². The lowest BCUT2D eigenvalue weighted by molar-refractivity contribution is -0.170. The molecular formula is C23H33NO5. The summed E-state index contributed by atoms with van der Waals surface area (Å²) in [6, 6.07) is 7.28. The molecule has 0 aromatic heterocycles. The van der Waals surface area contributed by atoms with Crippen molar-refractivity contribution in [2.45, 2.75) is 72.0 Å². The van der Waals surface area contributed by atoms with Crippen LogP contribution in [0.3, 0.4) is 0 Å². The predicted octanol–water partition coefficient (Wildman–Crippen LogP) is 4.40. The number of carbonyl (C=O) groups excluding carboxylic acids is 3. The van der Waals surface area contributed by atoms with E-state index < -0.39 is 16.6 Å². The Hall–Kier alpha value is -2.37. The molecule has 1 aromatic rings. The number of hydrogen-bond donors (Lipinski definition) is 0. The average Bonchev–Trinajstić information content (AvgIpc) is 2.59. The van der Waals surface area contributed by atoms with E-state index in [4.69, 9.17) is 9.47 Å². The van der Waals surface area contributed by atoms with Crippen molar-refractivity contribution in [3.63, 3.8) is 0 Å². The van der Waals surface area contributed by atoms with Gasteiger partial charge in [-0.2, -0.15) is 0 Å². The maximum atomic E-state index is 13.2. The summed E-state index contributed by atoms with van der Waals surface area (Å²) >= 11 is 0. The first-order valence-corrected chi connectivity index (χ1v) is 10.1. The number of rotatable bonds is 4. The summed E-state index contributed by atoms with van der Waals surface area (Å²) in [4.78, 5) is 38.4. The number of nitrogens with zero attached hydrogens (tertiary/aromatic N) is 1. The van der Waals surface area contributed by atoms with Gasteiger partial charge in [-0.25, -0.2) is 4.79 Å². The van der Waals surface area contributed by atoms with Crippen LogP contribution in [0.1, 0.15) is 70.3 Å². The van der Waals surface area contributed by atoms with Crippen LogP contribution in [-0.2, 0) is 20.7 Å². The van der Waals surface area contributed by atoms with Gasteiger partial charge in [-0.1, -0.05) is 18.2 Å². The van der Waals surface area contributed by atoms with Gasteiger partial charge in [0.25, 0.3) is 0 Å². The molecule has 1 aliphatic rings. The number of benzene rings is 1. The second-order valence-electron chi connectivity index (χ2n) is 9.79. The van der Waals surface area contributed by atoms with Crippen LogP contribution < -0.4 is 0 Å². The van der Waals surface area contributed by atoms with Crippen LogP contribution in [0.2, 0.25) is 0 Å². The number of carbonyl (C=O) groups is 3. The second kappa shape index (κ2) is 8.56. The molecule has 0 unspecified atom stereocenters. The normalized spacial score (nSPS) is 16.8. The Morgan fingerprint density at radius 3 is 2.14 bits per heavy atom. The minimum Gasteiger partial charge on any atom is -0.460 e. The maximum absolute atomic E-state index is 13.2. The Morgan fingerprint density at radius 1 is 1.03 bits per heavy atom.